The van der Waals surface area contributed by atoms with Gasteiger partial charge in [-0.3, -0.25) is 4.79 Å². The Labute approximate surface area is 142 Å². The average Bonchev–Trinajstić information content (AvgIpc) is 2.50. The quantitative estimate of drug-likeness (QED) is 0.660. The predicted molar refractivity (Wildman–Crippen MR) is 90.3 cm³/mol. The molecule has 0 radical (unpaired) electrons. The first-order chi connectivity index (χ1) is 10.8. The molecule has 0 aliphatic heterocycles. The van der Waals surface area contributed by atoms with Crippen molar-refractivity contribution in [1.82, 2.24) is 10.0 Å². The summed E-state index contributed by atoms with van der Waals surface area (Å²) in [5.41, 5.74) is 0. The van der Waals surface area contributed by atoms with Gasteiger partial charge in [-0.05, 0) is 31.5 Å². The lowest BCUT2D eigenvalue weighted by Crippen LogP contribution is -2.45. The molecule has 0 spiro atoms. The molecule has 1 aromatic rings. The van der Waals surface area contributed by atoms with Crippen molar-refractivity contribution in [1.29, 1.82) is 0 Å². The predicted octanol–water partition coefficient (Wildman–Crippen LogP) is 2.32. The molecule has 23 heavy (non-hydrogen) atoms. The van der Waals surface area contributed by atoms with Crippen molar-refractivity contribution in [3.63, 3.8) is 0 Å². The molecule has 1 rings (SSSR count). The third-order valence-electron chi connectivity index (χ3n) is 3.22. The van der Waals surface area contributed by atoms with Crippen LogP contribution in [0, 0.1) is 0 Å². The number of methoxy groups -OCH3 is 1. The maximum Gasteiger partial charge on any atom is 0.245 e. The second-order valence-electron chi connectivity index (χ2n) is 5.14. The van der Waals surface area contributed by atoms with Gasteiger partial charge in [0.2, 0.25) is 15.9 Å². The Balaban J connectivity index is 2.78. The van der Waals surface area contributed by atoms with Crippen molar-refractivity contribution >= 4 is 27.5 Å². The Bertz CT molecular complexity index is 634. The Morgan fingerprint density at radius 2 is 2.04 bits per heavy atom. The normalized spacial score (nSPS) is 12.7. The van der Waals surface area contributed by atoms with Crippen molar-refractivity contribution in [2.24, 2.45) is 0 Å². The molecule has 8 heteroatoms. The molecule has 0 bridgehead atoms. The third-order valence-corrected chi connectivity index (χ3v) is 5.02. The molecule has 0 heterocycles. The van der Waals surface area contributed by atoms with Crippen molar-refractivity contribution < 1.29 is 17.9 Å². The summed E-state index contributed by atoms with van der Waals surface area (Å²) in [5, 5.41) is 2.97. The number of nitrogens with one attached hydrogen (secondary N) is 2. The first-order valence-corrected chi connectivity index (χ1v) is 9.31. The Morgan fingerprint density at radius 1 is 1.35 bits per heavy atom. The highest BCUT2D eigenvalue weighted by Gasteiger charge is 2.25. The summed E-state index contributed by atoms with van der Waals surface area (Å²) >= 11 is 5.85. The molecular formula is C15H23ClN2O4S. The molecule has 6 nitrogen and oxygen atoms in total. The largest absolute Gasteiger partial charge is 0.495 e. The number of rotatable bonds is 9. The summed E-state index contributed by atoms with van der Waals surface area (Å²) in [5.74, 6) is -0.205. The van der Waals surface area contributed by atoms with Crippen LogP contribution in [0.2, 0.25) is 5.02 Å². The molecule has 2 N–H and O–H groups in total. The minimum atomic E-state index is -3.93. The van der Waals surface area contributed by atoms with Crippen LogP contribution in [0.15, 0.2) is 23.1 Å². The zero-order valence-corrected chi connectivity index (χ0v) is 15.1. The van der Waals surface area contributed by atoms with Crippen LogP contribution in [0.25, 0.3) is 0 Å². The average molecular weight is 363 g/mol. The van der Waals surface area contributed by atoms with Crippen LogP contribution in [0.1, 0.15) is 33.1 Å². The lowest BCUT2D eigenvalue weighted by atomic mass is 10.2. The van der Waals surface area contributed by atoms with Crippen LogP contribution in [0.3, 0.4) is 0 Å². The number of carbonyl (C=O) groups is 1. The fourth-order valence-electron chi connectivity index (χ4n) is 1.95. The summed E-state index contributed by atoms with van der Waals surface area (Å²) in [4.78, 5) is 11.8. The minimum absolute atomic E-state index is 0.0990. The molecule has 0 aliphatic rings. The number of benzene rings is 1. The van der Waals surface area contributed by atoms with Gasteiger partial charge in [0.15, 0.2) is 0 Å². The minimum Gasteiger partial charge on any atom is -0.495 e. The van der Waals surface area contributed by atoms with Gasteiger partial charge in [-0.2, -0.15) is 4.72 Å². The van der Waals surface area contributed by atoms with Gasteiger partial charge in [-0.25, -0.2) is 8.42 Å². The summed E-state index contributed by atoms with van der Waals surface area (Å²) in [6.45, 7) is 4.08. The fourth-order valence-corrected chi connectivity index (χ4v) is 3.58. The topological polar surface area (TPSA) is 84.5 Å². The van der Waals surface area contributed by atoms with Gasteiger partial charge in [-0.1, -0.05) is 31.4 Å². The number of hydrogen-bond donors (Lipinski definition) is 2. The van der Waals surface area contributed by atoms with Gasteiger partial charge in [0.1, 0.15) is 10.6 Å². The number of ether oxygens (including phenoxy) is 1. The van der Waals surface area contributed by atoms with E-state index in [1.807, 2.05) is 0 Å². The lowest BCUT2D eigenvalue weighted by molar-refractivity contribution is -0.122. The van der Waals surface area contributed by atoms with Crippen LogP contribution in [-0.4, -0.2) is 34.0 Å². The van der Waals surface area contributed by atoms with Crippen molar-refractivity contribution in [2.75, 3.05) is 13.7 Å². The Kier molecular flexibility index (Phi) is 7.81. The zero-order valence-electron chi connectivity index (χ0n) is 13.6. The van der Waals surface area contributed by atoms with Crippen LogP contribution in [0.4, 0.5) is 0 Å². The molecule has 1 atom stereocenters. The second kappa shape index (κ2) is 9.10. The zero-order chi connectivity index (χ0) is 17.5. The van der Waals surface area contributed by atoms with E-state index in [1.54, 1.807) is 0 Å². The SMILES string of the molecule is CCCCCNC(=O)[C@@H](C)NS(=O)(=O)c1cc(Cl)ccc1OC. The van der Waals surface area contributed by atoms with E-state index in [0.29, 0.717) is 6.54 Å². The summed E-state index contributed by atoms with van der Waals surface area (Å²) in [6.07, 6.45) is 2.93. The monoisotopic (exact) mass is 362 g/mol. The number of carbonyl (C=O) groups excluding carboxylic acids is 1. The maximum absolute atomic E-state index is 12.4. The number of hydrogen-bond acceptors (Lipinski definition) is 4. The molecule has 0 unspecified atom stereocenters. The highest BCUT2D eigenvalue weighted by molar-refractivity contribution is 7.89. The van der Waals surface area contributed by atoms with E-state index >= 15 is 0 Å². The first kappa shape index (κ1) is 19.7. The van der Waals surface area contributed by atoms with E-state index in [1.165, 1.54) is 32.2 Å². The van der Waals surface area contributed by atoms with E-state index in [-0.39, 0.29) is 21.6 Å². The molecule has 0 saturated carbocycles. The summed E-state index contributed by atoms with van der Waals surface area (Å²) in [6, 6.07) is 3.38. The molecule has 1 amide bonds. The molecule has 130 valence electrons. The first-order valence-electron chi connectivity index (χ1n) is 7.45. The van der Waals surface area contributed by atoms with Crippen LogP contribution >= 0.6 is 11.6 Å². The molecule has 1 aromatic carbocycles. The number of amides is 1. The lowest BCUT2D eigenvalue weighted by Gasteiger charge is -2.16. The molecular weight excluding hydrogens is 340 g/mol. The van der Waals surface area contributed by atoms with Crippen LogP contribution in [-0.2, 0) is 14.8 Å². The van der Waals surface area contributed by atoms with Crippen molar-refractivity contribution in [2.45, 2.75) is 44.0 Å². The van der Waals surface area contributed by atoms with Gasteiger partial charge >= 0.3 is 0 Å². The number of halogens is 1. The van der Waals surface area contributed by atoms with E-state index in [9.17, 15) is 13.2 Å². The van der Waals surface area contributed by atoms with Crippen LogP contribution in [0.5, 0.6) is 5.75 Å². The van der Waals surface area contributed by atoms with Gasteiger partial charge < -0.3 is 10.1 Å². The van der Waals surface area contributed by atoms with Crippen molar-refractivity contribution in [3.05, 3.63) is 23.2 Å². The molecule has 0 fully saturated rings. The van der Waals surface area contributed by atoms with E-state index < -0.39 is 16.1 Å². The summed E-state index contributed by atoms with van der Waals surface area (Å²) < 4.78 is 32.2. The highest BCUT2D eigenvalue weighted by Crippen LogP contribution is 2.26. The maximum atomic E-state index is 12.4. The summed E-state index contributed by atoms with van der Waals surface area (Å²) in [7, 11) is -2.56. The van der Waals surface area contributed by atoms with Gasteiger partial charge in [-0.15, -0.1) is 0 Å². The number of sulfonamides is 1. The third kappa shape index (κ3) is 6.01. The number of unbranched alkanes of at least 4 members (excludes halogenated alkanes) is 2. The fraction of sp³-hybridized carbons (Fsp3) is 0.533. The van der Waals surface area contributed by atoms with E-state index in [2.05, 4.69) is 17.0 Å². The van der Waals surface area contributed by atoms with Gasteiger partial charge in [0, 0.05) is 11.6 Å². The van der Waals surface area contributed by atoms with Crippen LogP contribution < -0.4 is 14.8 Å². The van der Waals surface area contributed by atoms with Gasteiger partial charge in [0.25, 0.3) is 0 Å². The highest BCUT2D eigenvalue weighted by atomic mass is 35.5. The molecule has 0 aromatic heterocycles. The van der Waals surface area contributed by atoms with Gasteiger partial charge in [0.05, 0.1) is 13.2 Å². The molecule has 0 saturated heterocycles. The Hall–Kier alpha value is -1.31. The second-order valence-corrected chi connectivity index (χ2v) is 7.26. The van der Waals surface area contributed by atoms with Crippen molar-refractivity contribution in [3.8, 4) is 5.75 Å². The molecule has 0 aliphatic carbocycles. The van der Waals surface area contributed by atoms with E-state index in [0.717, 1.165) is 19.3 Å². The standard InChI is InChI=1S/C15H23ClN2O4S/c1-4-5-6-9-17-15(19)11(2)18-23(20,21)14-10-12(16)7-8-13(14)22-3/h7-8,10-11,18H,4-6,9H2,1-3H3,(H,17,19)/t11-/m1/s1. The Morgan fingerprint density at radius 3 is 2.65 bits per heavy atom. The van der Waals surface area contributed by atoms with E-state index in [4.69, 9.17) is 16.3 Å². The smallest absolute Gasteiger partial charge is 0.245 e.